The first-order chi connectivity index (χ1) is 10.8. The van der Waals surface area contributed by atoms with Crippen LogP contribution in [0.2, 0.25) is 0 Å². The second-order valence-electron chi connectivity index (χ2n) is 5.59. The lowest BCUT2D eigenvalue weighted by Gasteiger charge is -2.23. The molecular formula is C17H20N4O. The van der Waals surface area contributed by atoms with Crippen LogP contribution in [0.25, 0.3) is 0 Å². The van der Waals surface area contributed by atoms with Crippen molar-refractivity contribution in [1.82, 2.24) is 14.9 Å². The van der Waals surface area contributed by atoms with E-state index in [1.54, 1.807) is 23.5 Å². The van der Waals surface area contributed by atoms with Crippen LogP contribution in [0.5, 0.6) is 0 Å². The first kappa shape index (κ1) is 14.5. The molecule has 114 valence electrons. The van der Waals surface area contributed by atoms with Gasteiger partial charge in [0.2, 0.25) is 0 Å². The number of amides is 1. The van der Waals surface area contributed by atoms with Crippen molar-refractivity contribution >= 4 is 11.7 Å². The van der Waals surface area contributed by atoms with Gasteiger partial charge in [0.25, 0.3) is 5.91 Å². The fraction of sp³-hybridized carbons (Fsp3) is 0.353. The summed E-state index contributed by atoms with van der Waals surface area (Å²) >= 11 is 0. The van der Waals surface area contributed by atoms with Gasteiger partial charge in [-0.25, -0.2) is 4.98 Å². The van der Waals surface area contributed by atoms with Gasteiger partial charge >= 0.3 is 0 Å². The summed E-state index contributed by atoms with van der Waals surface area (Å²) in [5, 5.41) is 0. The van der Waals surface area contributed by atoms with Crippen molar-refractivity contribution in [3.63, 3.8) is 0 Å². The molecule has 0 bridgehead atoms. The van der Waals surface area contributed by atoms with Gasteiger partial charge in [-0.15, -0.1) is 0 Å². The van der Waals surface area contributed by atoms with Crippen molar-refractivity contribution in [2.45, 2.75) is 19.4 Å². The second-order valence-corrected chi connectivity index (χ2v) is 5.59. The Morgan fingerprint density at radius 3 is 2.64 bits per heavy atom. The predicted octanol–water partition coefficient (Wildman–Crippen LogP) is 2.35. The van der Waals surface area contributed by atoms with Crippen molar-refractivity contribution < 1.29 is 4.79 Å². The van der Waals surface area contributed by atoms with Crippen LogP contribution in [-0.2, 0) is 6.54 Å². The molecular weight excluding hydrogens is 276 g/mol. The van der Waals surface area contributed by atoms with Gasteiger partial charge < -0.3 is 9.80 Å². The van der Waals surface area contributed by atoms with Crippen LogP contribution in [0.4, 0.5) is 5.82 Å². The van der Waals surface area contributed by atoms with E-state index in [2.05, 4.69) is 14.9 Å². The lowest BCUT2D eigenvalue weighted by molar-refractivity contribution is 0.0785. The van der Waals surface area contributed by atoms with E-state index in [0.29, 0.717) is 12.1 Å². The number of carbonyl (C=O) groups excluding carboxylic acids is 1. The molecule has 0 N–H and O–H groups in total. The zero-order valence-electron chi connectivity index (χ0n) is 12.8. The third kappa shape index (κ3) is 3.08. The van der Waals surface area contributed by atoms with E-state index < -0.39 is 0 Å². The molecule has 5 nitrogen and oxygen atoms in total. The van der Waals surface area contributed by atoms with Crippen LogP contribution in [0.1, 0.15) is 28.8 Å². The Morgan fingerprint density at radius 2 is 1.91 bits per heavy atom. The van der Waals surface area contributed by atoms with Gasteiger partial charge in [0.05, 0.1) is 5.56 Å². The van der Waals surface area contributed by atoms with Gasteiger partial charge in [0.15, 0.2) is 0 Å². The fourth-order valence-electron chi connectivity index (χ4n) is 2.78. The molecule has 1 amide bonds. The lowest BCUT2D eigenvalue weighted by atomic mass is 10.2. The van der Waals surface area contributed by atoms with Gasteiger partial charge in [-0.1, -0.05) is 0 Å². The van der Waals surface area contributed by atoms with Crippen molar-refractivity contribution in [2.24, 2.45) is 0 Å². The first-order valence-corrected chi connectivity index (χ1v) is 7.60. The second kappa shape index (κ2) is 6.56. The zero-order chi connectivity index (χ0) is 15.4. The van der Waals surface area contributed by atoms with Gasteiger partial charge in [0.1, 0.15) is 5.82 Å². The number of aromatic nitrogens is 2. The minimum atomic E-state index is 0.00631. The summed E-state index contributed by atoms with van der Waals surface area (Å²) in [4.78, 5) is 25.1. The molecule has 1 saturated heterocycles. The van der Waals surface area contributed by atoms with Crippen LogP contribution >= 0.6 is 0 Å². The van der Waals surface area contributed by atoms with Crippen molar-refractivity contribution in [1.29, 1.82) is 0 Å². The van der Waals surface area contributed by atoms with Crippen LogP contribution < -0.4 is 4.90 Å². The summed E-state index contributed by atoms with van der Waals surface area (Å²) in [7, 11) is 1.82. The number of nitrogens with zero attached hydrogens (tertiary/aromatic N) is 4. The molecule has 0 saturated carbocycles. The quantitative estimate of drug-likeness (QED) is 0.869. The Hall–Kier alpha value is -2.43. The SMILES string of the molecule is CN(Cc1ccncc1)C(=O)c1cccnc1N1CCCC1. The molecule has 0 radical (unpaired) electrons. The highest BCUT2D eigenvalue weighted by Crippen LogP contribution is 2.23. The molecule has 22 heavy (non-hydrogen) atoms. The van der Waals surface area contributed by atoms with Crippen LogP contribution in [-0.4, -0.2) is 40.9 Å². The standard InChI is InChI=1S/C17H20N4O/c1-20(13-14-6-9-18-10-7-14)17(22)15-5-4-8-19-16(15)21-11-2-3-12-21/h4-10H,2-3,11-13H2,1H3. The Kier molecular flexibility index (Phi) is 4.32. The number of anilines is 1. The Bertz CT molecular complexity index is 638. The maximum atomic E-state index is 12.8. The van der Waals surface area contributed by atoms with Crippen LogP contribution in [0.15, 0.2) is 42.9 Å². The van der Waals surface area contributed by atoms with Crippen molar-refractivity contribution in [3.05, 3.63) is 54.0 Å². The average Bonchev–Trinajstić information content (AvgIpc) is 3.09. The van der Waals surface area contributed by atoms with Crippen LogP contribution in [0.3, 0.4) is 0 Å². The maximum Gasteiger partial charge on any atom is 0.257 e. The molecule has 1 fully saturated rings. The minimum Gasteiger partial charge on any atom is -0.356 e. The summed E-state index contributed by atoms with van der Waals surface area (Å²) in [6, 6.07) is 7.54. The average molecular weight is 296 g/mol. The number of hydrogen-bond donors (Lipinski definition) is 0. The molecule has 0 unspecified atom stereocenters. The molecule has 0 aliphatic carbocycles. The Morgan fingerprint density at radius 1 is 1.18 bits per heavy atom. The summed E-state index contributed by atoms with van der Waals surface area (Å²) in [5.41, 5.74) is 1.75. The normalized spacial score (nSPS) is 14.1. The highest BCUT2D eigenvalue weighted by atomic mass is 16.2. The van der Waals surface area contributed by atoms with Gasteiger partial charge in [0, 0.05) is 45.3 Å². The van der Waals surface area contributed by atoms with E-state index in [9.17, 15) is 4.79 Å². The van der Waals surface area contributed by atoms with Crippen LogP contribution in [0, 0.1) is 0 Å². The summed E-state index contributed by atoms with van der Waals surface area (Å²) in [6.45, 7) is 2.52. The highest BCUT2D eigenvalue weighted by molar-refractivity contribution is 5.98. The third-order valence-corrected chi connectivity index (χ3v) is 3.94. The summed E-state index contributed by atoms with van der Waals surface area (Å²) in [6.07, 6.45) is 7.57. The Balaban J connectivity index is 1.79. The molecule has 2 aromatic rings. The first-order valence-electron chi connectivity index (χ1n) is 7.60. The van der Waals surface area contributed by atoms with Gasteiger partial charge in [-0.05, 0) is 42.7 Å². The smallest absolute Gasteiger partial charge is 0.257 e. The summed E-state index contributed by atoms with van der Waals surface area (Å²) < 4.78 is 0. The molecule has 0 aromatic carbocycles. The number of rotatable bonds is 4. The largest absolute Gasteiger partial charge is 0.356 e. The molecule has 5 heteroatoms. The van der Waals surface area contributed by atoms with Crippen molar-refractivity contribution in [2.75, 3.05) is 25.0 Å². The van der Waals surface area contributed by atoms with Gasteiger partial charge in [-0.2, -0.15) is 0 Å². The van der Waals surface area contributed by atoms with Crippen molar-refractivity contribution in [3.8, 4) is 0 Å². The van der Waals surface area contributed by atoms with E-state index in [4.69, 9.17) is 0 Å². The summed E-state index contributed by atoms with van der Waals surface area (Å²) in [5.74, 6) is 0.818. The van der Waals surface area contributed by atoms with E-state index in [-0.39, 0.29) is 5.91 Å². The van der Waals surface area contributed by atoms with Gasteiger partial charge in [-0.3, -0.25) is 9.78 Å². The number of carbonyl (C=O) groups is 1. The molecule has 2 aromatic heterocycles. The molecule has 1 aliphatic rings. The maximum absolute atomic E-state index is 12.8. The zero-order valence-corrected chi connectivity index (χ0v) is 12.8. The third-order valence-electron chi connectivity index (χ3n) is 3.94. The monoisotopic (exact) mass is 296 g/mol. The molecule has 3 rings (SSSR count). The van der Waals surface area contributed by atoms with E-state index in [0.717, 1.165) is 37.3 Å². The van der Waals surface area contributed by atoms with E-state index >= 15 is 0 Å². The minimum absolute atomic E-state index is 0.00631. The molecule has 1 aliphatic heterocycles. The fourth-order valence-corrected chi connectivity index (χ4v) is 2.78. The Labute approximate surface area is 130 Å². The molecule has 0 atom stereocenters. The topological polar surface area (TPSA) is 49.3 Å². The molecule has 3 heterocycles. The lowest BCUT2D eigenvalue weighted by Crippen LogP contribution is -2.29. The van der Waals surface area contributed by atoms with E-state index in [1.807, 2.05) is 31.3 Å². The highest BCUT2D eigenvalue weighted by Gasteiger charge is 2.22. The predicted molar refractivity (Wildman–Crippen MR) is 85.7 cm³/mol. The number of hydrogen-bond acceptors (Lipinski definition) is 4. The van der Waals surface area contributed by atoms with E-state index in [1.165, 1.54) is 0 Å². The molecule has 0 spiro atoms. The number of pyridine rings is 2.